The Bertz CT molecular complexity index is 594. The van der Waals surface area contributed by atoms with Gasteiger partial charge in [-0.25, -0.2) is 4.79 Å². The molecule has 0 unspecified atom stereocenters. The lowest BCUT2D eigenvalue weighted by Gasteiger charge is -2.18. The molecule has 2 N–H and O–H groups in total. The zero-order valence-corrected chi connectivity index (χ0v) is 12.5. The van der Waals surface area contributed by atoms with Crippen LogP contribution in [0.25, 0.3) is 0 Å². The molecule has 0 aliphatic rings. The lowest BCUT2D eigenvalue weighted by molar-refractivity contribution is -0.125. The summed E-state index contributed by atoms with van der Waals surface area (Å²) in [6.07, 6.45) is 3.41. The molecule has 2 rings (SSSR count). The number of amides is 1. The van der Waals surface area contributed by atoms with Crippen molar-refractivity contribution in [1.82, 2.24) is 10.3 Å². The molecule has 1 aromatic heterocycles. The predicted octanol–water partition coefficient (Wildman–Crippen LogP) is 2.83. The summed E-state index contributed by atoms with van der Waals surface area (Å²) < 4.78 is 4.98. The van der Waals surface area contributed by atoms with Gasteiger partial charge < -0.3 is 15.0 Å². The van der Waals surface area contributed by atoms with E-state index in [2.05, 4.69) is 17.2 Å². The van der Waals surface area contributed by atoms with E-state index in [0.29, 0.717) is 5.69 Å². The molecule has 0 fully saturated rings. The molecule has 0 bridgehead atoms. The van der Waals surface area contributed by atoms with Crippen LogP contribution in [0.4, 0.5) is 0 Å². The summed E-state index contributed by atoms with van der Waals surface area (Å²) in [6.45, 7) is 1.78. The number of hydrogen-bond acceptors (Lipinski definition) is 3. The van der Waals surface area contributed by atoms with Crippen molar-refractivity contribution < 1.29 is 14.3 Å². The van der Waals surface area contributed by atoms with Crippen LogP contribution in [0.5, 0.6) is 0 Å². The highest BCUT2D eigenvalue weighted by Gasteiger charge is 2.15. The van der Waals surface area contributed by atoms with Crippen molar-refractivity contribution in [2.45, 2.75) is 25.8 Å². The van der Waals surface area contributed by atoms with Crippen molar-refractivity contribution in [3.63, 3.8) is 0 Å². The number of carbonyl (C=O) groups is 2. The van der Waals surface area contributed by atoms with Crippen molar-refractivity contribution in [3.8, 4) is 0 Å². The maximum atomic E-state index is 12.0. The quantitative estimate of drug-likeness (QED) is 0.772. The van der Waals surface area contributed by atoms with Gasteiger partial charge in [0.1, 0.15) is 5.69 Å². The van der Waals surface area contributed by atoms with Crippen molar-refractivity contribution >= 4 is 11.9 Å². The summed E-state index contributed by atoms with van der Waals surface area (Å²) in [6, 6.07) is 13.0. The molecular formula is C17H20N2O3. The molecule has 1 heterocycles. The molecule has 1 atom stereocenters. The van der Waals surface area contributed by atoms with Crippen LogP contribution in [0.3, 0.4) is 0 Å². The summed E-state index contributed by atoms with van der Waals surface area (Å²) in [5.41, 5.74) is 1.38. The zero-order chi connectivity index (χ0) is 15.8. The third-order valence-corrected chi connectivity index (χ3v) is 3.27. The number of H-pyrrole nitrogens is 1. The average Bonchev–Trinajstić information content (AvgIpc) is 3.07. The lowest BCUT2D eigenvalue weighted by atomic mass is 10.0. The molecule has 0 aliphatic carbocycles. The van der Waals surface area contributed by atoms with Gasteiger partial charge in [0.2, 0.25) is 0 Å². The summed E-state index contributed by atoms with van der Waals surface area (Å²) in [5.74, 6) is -0.839. The first-order valence-corrected chi connectivity index (χ1v) is 7.35. The molecule has 0 saturated carbocycles. The van der Waals surface area contributed by atoms with E-state index in [-0.39, 0.29) is 18.6 Å². The van der Waals surface area contributed by atoms with Gasteiger partial charge in [-0.2, -0.15) is 0 Å². The third-order valence-electron chi connectivity index (χ3n) is 3.27. The van der Waals surface area contributed by atoms with Crippen molar-refractivity contribution in [2.75, 3.05) is 6.61 Å². The van der Waals surface area contributed by atoms with E-state index in [1.165, 1.54) is 0 Å². The van der Waals surface area contributed by atoms with E-state index < -0.39 is 5.97 Å². The number of nitrogens with one attached hydrogen (secondary N) is 2. The summed E-state index contributed by atoms with van der Waals surface area (Å²) in [5, 5.41) is 2.91. The fourth-order valence-corrected chi connectivity index (χ4v) is 2.20. The number of rotatable bonds is 7. The second-order valence-corrected chi connectivity index (χ2v) is 4.98. The van der Waals surface area contributed by atoms with E-state index in [9.17, 15) is 9.59 Å². The fraction of sp³-hybridized carbons (Fsp3) is 0.294. The molecule has 5 heteroatoms. The number of aromatic nitrogens is 1. The number of ether oxygens (including phenoxy) is 1. The van der Waals surface area contributed by atoms with Crippen molar-refractivity contribution in [1.29, 1.82) is 0 Å². The van der Waals surface area contributed by atoms with Gasteiger partial charge in [-0.15, -0.1) is 0 Å². The fourth-order valence-electron chi connectivity index (χ4n) is 2.20. The van der Waals surface area contributed by atoms with Crippen molar-refractivity contribution in [3.05, 3.63) is 59.9 Å². The Labute approximate surface area is 129 Å². The Balaban J connectivity index is 1.87. The summed E-state index contributed by atoms with van der Waals surface area (Å²) in [7, 11) is 0. The number of carbonyl (C=O) groups excluding carboxylic acids is 2. The average molecular weight is 300 g/mol. The molecular weight excluding hydrogens is 280 g/mol. The number of hydrogen-bond donors (Lipinski definition) is 2. The van der Waals surface area contributed by atoms with Gasteiger partial charge in [0.05, 0.1) is 6.04 Å². The van der Waals surface area contributed by atoms with Gasteiger partial charge in [0, 0.05) is 6.20 Å². The molecule has 0 spiro atoms. The normalized spacial score (nSPS) is 11.7. The number of esters is 1. The lowest BCUT2D eigenvalue weighted by Crippen LogP contribution is -2.32. The SMILES string of the molecule is CCC[C@@H](NC(=O)COC(=O)c1ccc[nH]1)c1ccccc1. The smallest absolute Gasteiger partial charge is 0.355 e. The number of benzene rings is 1. The van der Waals surface area contributed by atoms with E-state index in [4.69, 9.17) is 4.74 Å². The second kappa shape index (κ2) is 8.02. The largest absolute Gasteiger partial charge is 0.451 e. The molecule has 22 heavy (non-hydrogen) atoms. The monoisotopic (exact) mass is 300 g/mol. The van der Waals surface area contributed by atoms with E-state index in [1.54, 1.807) is 18.3 Å². The Morgan fingerprint density at radius 1 is 1.18 bits per heavy atom. The van der Waals surface area contributed by atoms with Crippen LogP contribution in [0.15, 0.2) is 48.7 Å². The highest BCUT2D eigenvalue weighted by atomic mass is 16.5. The summed E-state index contributed by atoms with van der Waals surface area (Å²) >= 11 is 0. The molecule has 1 aromatic carbocycles. The molecule has 0 radical (unpaired) electrons. The van der Waals surface area contributed by atoms with Crippen LogP contribution in [-0.2, 0) is 9.53 Å². The van der Waals surface area contributed by atoms with Gasteiger partial charge in [0.15, 0.2) is 6.61 Å². The van der Waals surface area contributed by atoms with E-state index >= 15 is 0 Å². The maximum Gasteiger partial charge on any atom is 0.355 e. The molecule has 0 aliphatic heterocycles. The van der Waals surface area contributed by atoms with Crippen LogP contribution in [0.1, 0.15) is 41.9 Å². The van der Waals surface area contributed by atoms with Crippen molar-refractivity contribution in [2.24, 2.45) is 0 Å². The summed E-state index contributed by atoms with van der Waals surface area (Å²) in [4.78, 5) is 26.4. The molecule has 1 amide bonds. The Kier molecular flexibility index (Phi) is 5.77. The molecule has 5 nitrogen and oxygen atoms in total. The Hall–Kier alpha value is -2.56. The van der Waals surface area contributed by atoms with E-state index in [1.807, 2.05) is 30.3 Å². The minimum Gasteiger partial charge on any atom is -0.451 e. The highest BCUT2D eigenvalue weighted by molar-refractivity contribution is 5.89. The number of aromatic amines is 1. The van der Waals surface area contributed by atoms with Gasteiger partial charge in [-0.3, -0.25) is 4.79 Å². The standard InChI is InChI=1S/C17H20N2O3/c1-2-7-14(13-8-4-3-5-9-13)19-16(20)12-22-17(21)15-10-6-11-18-15/h3-6,8-11,14,18H,2,7,12H2,1H3,(H,19,20)/t14-/m1/s1. The van der Waals surface area contributed by atoms with Crippen LogP contribution in [0, 0.1) is 0 Å². The first kappa shape index (κ1) is 15.8. The Morgan fingerprint density at radius 3 is 2.59 bits per heavy atom. The van der Waals surface area contributed by atoms with Crippen LogP contribution in [-0.4, -0.2) is 23.5 Å². The minimum atomic E-state index is -0.535. The minimum absolute atomic E-state index is 0.0668. The molecule has 2 aromatic rings. The van der Waals surface area contributed by atoms with Crippen LogP contribution < -0.4 is 5.32 Å². The van der Waals surface area contributed by atoms with E-state index in [0.717, 1.165) is 18.4 Å². The second-order valence-electron chi connectivity index (χ2n) is 4.98. The molecule has 0 saturated heterocycles. The zero-order valence-electron chi connectivity index (χ0n) is 12.5. The van der Waals surface area contributed by atoms with Gasteiger partial charge in [-0.1, -0.05) is 43.7 Å². The third kappa shape index (κ3) is 4.48. The topological polar surface area (TPSA) is 71.2 Å². The predicted molar refractivity (Wildman–Crippen MR) is 83.3 cm³/mol. The first-order chi connectivity index (χ1) is 10.7. The Morgan fingerprint density at radius 2 is 1.95 bits per heavy atom. The van der Waals surface area contributed by atoms with Crippen LogP contribution >= 0.6 is 0 Å². The first-order valence-electron chi connectivity index (χ1n) is 7.35. The molecule has 116 valence electrons. The van der Waals surface area contributed by atoms with Gasteiger partial charge in [0.25, 0.3) is 5.91 Å². The maximum absolute atomic E-state index is 12.0. The van der Waals surface area contributed by atoms with Crippen LogP contribution in [0.2, 0.25) is 0 Å². The van der Waals surface area contributed by atoms with Gasteiger partial charge >= 0.3 is 5.97 Å². The van der Waals surface area contributed by atoms with Gasteiger partial charge in [-0.05, 0) is 24.1 Å². The highest BCUT2D eigenvalue weighted by Crippen LogP contribution is 2.17.